The Morgan fingerprint density at radius 3 is 2.89 bits per heavy atom. The molecule has 1 saturated heterocycles. The van der Waals surface area contributed by atoms with Gasteiger partial charge in [-0.05, 0) is 43.4 Å². The molecule has 1 heterocycles. The molecule has 3 nitrogen and oxygen atoms in total. The van der Waals surface area contributed by atoms with Crippen molar-refractivity contribution in [2.45, 2.75) is 24.9 Å². The average Bonchev–Trinajstić information content (AvgIpc) is 3.14. The minimum atomic E-state index is -0.549. The number of hydrogen-bond donors (Lipinski definition) is 1. The zero-order chi connectivity index (χ0) is 12.8. The Morgan fingerprint density at radius 2 is 2.22 bits per heavy atom. The van der Waals surface area contributed by atoms with Crippen LogP contribution in [-0.2, 0) is 0 Å². The van der Waals surface area contributed by atoms with Gasteiger partial charge in [-0.25, -0.2) is 0 Å². The van der Waals surface area contributed by atoms with Crippen molar-refractivity contribution in [2.24, 2.45) is 5.92 Å². The zero-order valence-corrected chi connectivity index (χ0v) is 10.8. The predicted molar refractivity (Wildman–Crippen MR) is 70.7 cm³/mol. The first-order valence-electron chi connectivity index (χ1n) is 6.29. The van der Waals surface area contributed by atoms with Crippen LogP contribution in [0.1, 0.15) is 24.8 Å². The van der Waals surface area contributed by atoms with E-state index >= 15 is 0 Å². The molecule has 0 amide bonds. The maximum Gasteiger partial charge on any atom is 0.101 e. The lowest BCUT2D eigenvalue weighted by Crippen LogP contribution is -2.35. The first kappa shape index (κ1) is 11.8. The summed E-state index contributed by atoms with van der Waals surface area (Å²) < 4.78 is 0. The number of anilines is 1. The van der Waals surface area contributed by atoms with Gasteiger partial charge in [-0.15, -0.1) is 0 Å². The highest BCUT2D eigenvalue weighted by Crippen LogP contribution is 2.45. The molecular formula is C14H15ClN2O. The van der Waals surface area contributed by atoms with Crippen molar-refractivity contribution >= 4 is 17.3 Å². The number of hydrogen-bond acceptors (Lipinski definition) is 3. The van der Waals surface area contributed by atoms with Crippen LogP contribution in [0.4, 0.5) is 5.69 Å². The Labute approximate surface area is 112 Å². The van der Waals surface area contributed by atoms with Crippen molar-refractivity contribution < 1.29 is 5.11 Å². The molecule has 2 aliphatic rings. The summed E-state index contributed by atoms with van der Waals surface area (Å²) in [7, 11) is 0. The summed E-state index contributed by atoms with van der Waals surface area (Å²) in [4.78, 5) is 2.10. The van der Waals surface area contributed by atoms with Gasteiger partial charge in [-0.1, -0.05) is 11.6 Å². The van der Waals surface area contributed by atoms with Crippen molar-refractivity contribution in [3.05, 3.63) is 28.8 Å². The van der Waals surface area contributed by atoms with E-state index in [2.05, 4.69) is 11.0 Å². The summed E-state index contributed by atoms with van der Waals surface area (Å²) in [6.45, 7) is 1.44. The molecular weight excluding hydrogens is 248 g/mol. The van der Waals surface area contributed by atoms with E-state index in [0.29, 0.717) is 23.0 Å². The molecule has 0 spiro atoms. The molecule has 1 aromatic carbocycles. The molecule has 2 fully saturated rings. The summed E-state index contributed by atoms with van der Waals surface area (Å²) >= 11 is 5.90. The Bertz CT molecular complexity index is 521. The fraction of sp³-hybridized carbons (Fsp3) is 0.500. The van der Waals surface area contributed by atoms with E-state index in [9.17, 15) is 5.11 Å². The number of aliphatic hydroxyl groups is 1. The second-order valence-electron chi connectivity index (χ2n) is 5.32. The molecule has 1 N–H and O–H groups in total. The fourth-order valence-electron chi connectivity index (χ4n) is 2.85. The smallest absolute Gasteiger partial charge is 0.101 e. The normalized spacial score (nSPS) is 27.3. The quantitative estimate of drug-likeness (QED) is 0.891. The third kappa shape index (κ3) is 1.96. The Morgan fingerprint density at radius 1 is 1.44 bits per heavy atom. The van der Waals surface area contributed by atoms with Crippen molar-refractivity contribution in [1.82, 2.24) is 0 Å². The summed E-state index contributed by atoms with van der Waals surface area (Å²) in [5.74, 6) is 0.459. The molecule has 3 rings (SSSR count). The number of nitrogens with zero attached hydrogens (tertiary/aromatic N) is 2. The molecule has 4 heteroatoms. The van der Waals surface area contributed by atoms with Crippen molar-refractivity contribution in [3.63, 3.8) is 0 Å². The lowest BCUT2D eigenvalue weighted by molar-refractivity contribution is 0.0401. The second-order valence-corrected chi connectivity index (χ2v) is 5.76. The van der Waals surface area contributed by atoms with E-state index in [4.69, 9.17) is 16.9 Å². The predicted octanol–water partition coefficient (Wildman–Crippen LogP) is 2.56. The standard InChI is InChI=1S/C14H15ClN2O/c15-12-3-4-13(10(7-12)8-16)17-6-5-14(18,9-17)11-1-2-11/h3-4,7,11,18H,1-2,5-6,9H2. The van der Waals surface area contributed by atoms with Crippen LogP contribution in [0.15, 0.2) is 18.2 Å². The van der Waals surface area contributed by atoms with Crippen LogP contribution in [0.3, 0.4) is 0 Å². The van der Waals surface area contributed by atoms with E-state index in [0.717, 1.165) is 31.5 Å². The molecule has 1 aliphatic carbocycles. The van der Waals surface area contributed by atoms with Crippen molar-refractivity contribution in [3.8, 4) is 6.07 Å². The number of rotatable bonds is 2. The van der Waals surface area contributed by atoms with Gasteiger partial charge >= 0.3 is 0 Å². The molecule has 1 aromatic rings. The lowest BCUT2D eigenvalue weighted by atomic mass is 9.97. The lowest BCUT2D eigenvalue weighted by Gasteiger charge is -2.24. The van der Waals surface area contributed by atoms with Crippen molar-refractivity contribution in [1.29, 1.82) is 5.26 Å². The summed E-state index contributed by atoms with van der Waals surface area (Å²) in [6.07, 6.45) is 3.07. The van der Waals surface area contributed by atoms with E-state index in [1.54, 1.807) is 12.1 Å². The van der Waals surface area contributed by atoms with Crippen LogP contribution >= 0.6 is 11.6 Å². The van der Waals surface area contributed by atoms with Crippen LogP contribution in [-0.4, -0.2) is 23.8 Å². The SMILES string of the molecule is N#Cc1cc(Cl)ccc1N1CCC(O)(C2CC2)C1. The van der Waals surface area contributed by atoms with Gasteiger partial charge in [0.1, 0.15) is 6.07 Å². The topological polar surface area (TPSA) is 47.3 Å². The van der Waals surface area contributed by atoms with Gasteiger partial charge in [-0.2, -0.15) is 5.26 Å². The van der Waals surface area contributed by atoms with Gasteiger partial charge in [-0.3, -0.25) is 0 Å². The average molecular weight is 263 g/mol. The third-order valence-corrected chi connectivity index (χ3v) is 4.27. The summed E-state index contributed by atoms with van der Waals surface area (Å²) in [6, 6.07) is 7.54. The molecule has 0 bridgehead atoms. The molecule has 0 radical (unpaired) electrons. The van der Waals surface area contributed by atoms with E-state index in [1.807, 2.05) is 6.07 Å². The van der Waals surface area contributed by atoms with E-state index in [-0.39, 0.29) is 0 Å². The van der Waals surface area contributed by atoms with Gasteiger partial charge in [0.05, 0.1) is 16.9 Å². The summed E-state index contributed by atoms with van der Waals surface area (Å²) in [5.41, 5.74) is 0.924. The Balaban J connectivity index is 1.86. The number of benzene rings is 1. The molecule has 94 valence electrons. The second kappa shape index (κ2) is 4.15. The van der Waals surface area contributed by atoms with Crippen LogP contribution in [0, 0.1) is 17.2 Å². The van der Waals surface area contributed by atoms with Crippen LogP contribution in [0.5, 0.6) is 0 Å². The molecule has 1 atom stereocenters. The van der Waals surface area contributed by atoms with Crippen LogP contribution < -0.4 is 4.90 Å². The summed E-state index contributed by atoms with van der Waals surface area (Å²) in [5, 5.41) is 20.3. The first-order chi connectivity index (χ1) is 8.62. The molecule has 0 aromatic heterocycles. The Kier molecular flexibility index (Phi) is 2.73. The largest absolute Gasteiger partial charge is 0.388 e. The zero-order valence-electron chi connectivity index (χ0n) is 10.1. The molecule has 1 unspecified atom stereocenters. The van der Waals surface area contributed by atoms with Gasteiger partial charge in [0.2, 0.25) is 0 Å². The van der Waals surface area contributed by atoms with Crippen LogP contribution in [0.25, 0.3) is 0 Å². The molecule has 18 heavy (non-hydrogen) atoms. The maximum atomic E-state index is 10.5. The van der Waals surface area contributed by atoms with Gasteiger partial charge in [0.25, 0.3) is 0 Å². The highest BCUT2D eigenvalue weighted by Gasteiger charge is 2.48. The minimum absolute atomic E-state index is 0.459. The van der Waals surface area contributed by atoms with E-state index in [1.165, 1.54) is 0 Å². The number of β-amino-alcohol motifs (C(OH)–C–C–N with tert-alkyl or cyclic N) is 1. The van der Waals surface area contributed by atoms with Crippen molar-refractivity contribution in [2.75, 3.05) is 18.0 Å². The highest BCUT2D eigenvalue weighted by atomic mass is 35.5. The van der Waals surface area contributed by atoms with Gasteiger partial charge < -0.3 is 10.0 Å². The van der Waals surface area contributed by atoms with Gasteiger partial charge in [0, 0.05) is 18.1 Å². The highest BCUT2D eigenvalue weighted by molar-refractivity contribution is 6.30. The first-order valence-corrected chi connectivity index (χ1v) is 6.67. The third-order valence-electron chi connectivity index (χ3n) is 4.04. The van der Waals surface area contributed by atoms with Crippen LogP contribution in [0.2, 0.25) is 5.02 Å². The maximum absolute atomic E-state index is 10.5. The number of nitriles is 1. The number of halogens is 1. The molecule has 1 saturated carbocycles. The fourth-order valence-corrected chi connectivity index (χ4v) is 3.02. The monoisotopic (exact) mass is 262 g/mol. The van der Waals surface area contributed by atoms with E-state index < -0.39 is 5.60 Å². The van der Waals surface area contributed by atoms with Gasteiger partial charge in [0.15, 0.2) is 0 Å². The minimum Gasteiger partial charge on any atom is -0.388 e. The molecule has 1 aliphatic heterocycles. The Hall–Kier alpha value is -1.24.